The summed E-state index contributed by atoms with van der Waals surface area (Å²) < 4.78 is 13.0. The molecule has 0 saturated carbocycles. The molecular formula is C19H21FN4O2. The molecule has 1 aliphatic rings. The van der Waals surface area contributed by atoms with Crippen molar-refractivity contribution in [1.82, 2.24) is 15.2 Å². The lowest BCUT2D eigenvalue weighted by Gasteiger charge is -2.35. The summed E-state index contributed by atoms with van der Waals surface area (Å²) in [6, 6.07) is 8.74. The fraction of sp³-hybridized carbons (Fsp3) is 0.316. The van der Waals surface area contributed by atoms with Gasteiger partial charge in [-0.3, -0.25) is 14.6 Å². The van der Waals surface area contributed by atoms with Gasteiger partial charge in [-0.15, -0.1) is 0 Å². The zero-order valence-corrected chi connectivity index (χ0v) is 14.3. The number of nitrogens with zero attached hydrogens (tertiary/aromatic N) is 2. The molecule has 1 atom stereocenters. The second kappa shape index (κ2) is 8.53. The van der Waals surface area contributed by atoms with E-state index in [9.17, 15) is 14.0 Å². The Balaban J connectivity index is 1.61. The molecule has 7 heteroatoms. The van der Waals surface area contributed by atoms with E-state index in [1.54, 1.807) is 17.3 Å². The van der Waals surface area contributed by atoms with E-state index in [0.29, 0.717) is 38.2 Å². The molecule has 2 heterocycles. The molecule has 136 valence electrons. The van der Waals surface area contributed by atoms with Gasteiger partial charge in [-0.2, -0.15) is 0 Å². The molecule has 0 bridgehead atoms. The van der Waals surface area contributed by atoms with Crippen molar-refractivity contribution in [3.63, 3.8) is 0 Å². The number of carbonyl (C=O) groups excluding carboxylic acids is 2. The molecule has 3 rings (SSSR count). The average molecular weight is 356 g/mol. The van der Waals surface area contributed by atoms with E-state index in [2.05, 4.69) is 15.6 Å². The van der Waals surface area contributed by atoms with Crippen LogP contribution in [0.2, 0.25) is 0 Å². The number of hydrogen-bond acceptors (Lipinski definition) is 4. The third-order valence-electron chi connectivity index (χ3n) is 4.33. The van der Waals surface area contributed by atoms with E-state index in [4.69, 9.17) is 0 Å². The summed E-state index contributed by atoms with van der Waals surface area (Å²) in [5, 5.41) is 5.89. The molecule has 1 aromatic heterocycles. The van der Waals surface area contributed by atoms with Gasteiger partial charge < -0.3 is 15.5 Å². The monoisotopic (exact) mass is 356 g/mol. The molecule has 2 N–H and O–H groups in total. The van der Waals surface area contributed by atoms with Crippen molar-refractivity contribution in [2.75, 3.05) is 25.0 Å². The number of pyridine rings is 1. The second-order valence-corrected chi connectivity index (χ2v) is 6.16. The fourth-order valence-electron chi connectivity index (χ4n) is 2.94. The number of benzene rings is 1. The molecule has 26 heavy (non-hydrogen) atoms. The Morgan fingerprint density at radius 2 is 2.08 bits per heavy atom. The van der Waals surface area contributed by atoms with Crippen molar-refractivity contribution in [2.24, 2.45) is 0 Å². The van der Waals surface area contributed by atoms with Crippen LogP contribution in [0.25, 0.3) is 0 Å². The molecule has 0 aliphatic carbocycles. The molecule has 0 spiro atoms. The largest absolute Gasteiger partial charge is 0.328 e. The molecule has 0 unspecified atom stereocenters. The van der Waals surface area contributed by atoms with E-state index in [0.717, 1.165) is 5.56 Å². The summed E-state index contributed by atoms with van der Waals surface area (Å²) in [7, 11) is 0. The molecule has 1 aliphatic heterocycles. The summed E-state index contributed by atoms with van der Waals surface area (Å²) in [6.07, 6.45) is 4.34. The lowest BCUT2D eigenvalue weighted by Crippen LogP contribution is -2.58. The maximum Gasteiger partial charge on any atom is 0.248 e. The molecular weight excluding hydrogens is 335 g/mol. The topological polar surface area (TPSA) is 74.3 Å². The number of carbonyl (C=O) groups is 2. The second-order valence-electron chi connectivity index (χ2n) is 6.16. The van der Waals surface area contributed by atoms with Gasteiger partial charge >= 0.3 is 0 Å². The predicted octanol–water partition coefficient (Wildman–Crippen LogP) is 1.59. The highest BCUT2D eigenvalue weighted by Crippen LogP contribution is 2.13. The maximum absolute atomic E-state index is 13.0. The SMILES string of the molecule is O=C(Nc1ccc(F)cc1)[C@@H]1CNCCN1C(=O)CCc1cccnc1. The first-order valence-electron chi connectivity index (χ1n) is 8.59. The minimum Gasteiger partial charge on any atom is -0.328 e. The van der Waals surface area contributed by atoms with Crippen molar-refractivity contribution in [2.45, 2.75) is 18.9 Å². The molecule has 2 amide bonds. The van der Waals surface area contributed by atoms with Crippen molar-refractivity contribution in [1.29, 1.82) is 0 Å². The van der Waals surface area contributed by atoms with E-state index >= 15 is 0 Å². The summed E-state index contributed by atoms with van der Waals surface area (Å²) in [4.78, 5) is 30.9. The number of amides is 2. The van der Waals surface area contributed by atoms with Gasteiger partial charge in [-0.1, -0.05) is 6.07 Å². The van der Waals surface area contributed by atoms with E-state index in [1.165, 1.54) is 24.3 Å². The first-order valence-corrected chi connectivity index (χ1v) is 8.59. The lowest BCUT2D eigenvalue weighted by molar-refractivity contribution is -0.139. The van der Waals surface area contributed by atoms with Gasteiger partial charge in [-0.05, 0) is 42.3 Å². The number of piperazine rings is 1. The van der Waals surface area contributed by atoms with Gasteiger partial charge in [0, 0.05) is 44.1 Å². The van der Waals surface area contributed by atoms with Crippen molar-refractivity contribution < 1.29 is 14.0 Å². The van der Waals surface area contributed by atoms with Crippen molar-refractivity contribution in [3.05, 3.63) is 60.2 Å². The quantitative estimate of drug-likeness (QED) is 0.853. The Morgan fingerprint density at radius 3 is 2.81 bits per heavy atom. The number of rotatable bonds is 5. The Bertz CT molecular complexity index is 752. The van der Waals surface area contributed by atoms with Crippen LogP contribution in [0.3, 0.4) is 0 Å². The van der Waals surface area contributed by atoms with Gasteiger partial charge in [0.25, 0.3) is 0 Å². The fourth-order valence-corrected chi connectivity index (χ4v) is 2.94. The van der Waals surface area contributed by atoms with E-state index in [1.807, 2.05) is 12.1 Å². The summed E-state index contributed by atoms with van der Waals surface area (Å²) >= 11 is 0. The normalized spacial score (nSPS) is 17.0. The van der Waals surface area contributed by atoms with Crippen LogP contribution in [0, 0.1) is 5.82 Å². The summed E-state index contributed by atoms with van der Waals surface area (Å²) in [5.41, 5.74) is 1.49. The van der Waals surface area contributed by atoms with E-state index in [-0.39, 0.29) is 17.6 Å². The third-order valence-corrected chi connectivity index (χ3v) is 4.33. The third kappa shape index (κ3) is 4.64. The van der Waals surface area contributed by atoms with Gasteiger partial charge in [0.1, 0.15) is 11.9 Å². The first-order chi connectivity index (χ1) is 12.6. The van der Waals surface area contributed by atoms with Crippen LogP contribution >= 0.6 is 0 Å². The van der Waals surface area contributed by atoms with Crippen LogP contribution in [-0.4, -0.2) is 47.4 Å². The maximum atomic E-state index is 13.0. The Kier molecular flexibility index (Phi) is 5.91. The predicted molar refractivity (Wildman–Crippen MR) is 96.0 cm³/mol. The summed E-state index contributed by atoms with van der Waals surface area (Å²) in [5.74, 6) is -0.706. The first kappa shape index (κ1) is 18.0. The Labute approximate surface area is 151 Å². The van der Waals surface area contributed by atoms with Gasteiger partial charge in [0.2, 0.25) is 11.8 Å². The van der Waals surface area contributed by atoms with Crippen molar-refractivity contribution >= 4 is 17.5 Å². The van der Waals surface area contributed by atoms with Crippen LogP contribution in [0.5, 0.6) is 0 Å². The number of aromatic nitrogens is 1. The minimum atomic E-state index is -0.588. The zero-order valence-electron chi connectivity index (χ0n) is 14.3. The molecule has 6 nitrogen and oxygen atoms in total. The van der Waals surface area contributed by atoms with Crippen LogP contribution in [0.15, 0.2) is 48.8 Å². The molecule has 0 radical (unpaired) electrons. The molecule has 2 aromatic rings. The van der Waals surface area contributed by atoms with Crippen LogP contribution in [-0.2, 0) is 16.0 Å². The van der Waals surface area contributed by atoms with Crippen LogP contribution in [0.1, 0.15) is 12.0 Å². The highest BCUT2D eigenvalue weighted by molar-refractivity contribution is 5.97. The van der Waals surface area contributed by atoms with E-state index < -0.39 is 6.04 Å². The Hall–Kier alpha value is -2.80. The smallest absolute Gasteiger partial charge is 0.248 e. The molecule has 1 aromatic carbocycles. The number of hydrogen-bond donors (Lipinski definition) is 2. The number of halogens is 1. The summed E-state index contributed by atoms with van der Waals surface area (Å²) in [6.45, 7) is 1.53. The van der Waals surface area contributed by atoms with Gasteiger partial charge in [0.05, 0.1) is 0 Å². The highest BCUT2D eigenvalue weighted by atomic mass is 19.1. The highest BCUT2D eigenvalue weighted by Gasteiger charge is 2.31. The molecule has 1 saturated heterocycles. The minimum absolute atomic E-state index is 0.0605. The lowest BCUT2D eigenvalue weighted by atomic mass is 10.1. The number of nitrogens with one attached hydrogen (secondary N) is 2. The average Bonchev–Trinajstić information content (AvgIpc) is 2.68. The van der Waals surface area contributed by atoms with Crippen molar-refractivity contribution in [3.8, 4) is 0 Å². The van der Waals surface area contributed by atoms with Gasteiger partial charge in [0.15, 0.2) is 0 Å². The van der Waals surface area contributed by atoms with Crippen LogP contribution in [0.4, 0.5) is 10.1 Å². The number of anilines is 1. The van der Waals surface area contributed by atoms with Crippen LogP contribution < -0.4 is 10.6 Å². The molecule has 1 fully saturated rings. The number of aryl methyl sites for hydroxylation is 1. The zero-order chi connectivity index (χ0) is 18.4. The van der Waals surface area contributed by atoms with Gasteiger partial charge in [-0.25, -0.2) is 4.39 Å². The standard InChI is InChI=1S/C19H21FN4O2/c20-15-4-6-16(7-5-15)23-19(26)17-13-22-10-11-24(17)18(25)8-3-14-2-1-9-21-12-14/h1-2,4-7,9,12,17,22H,3,8,10-11,13H2,(H,23,26)/t17-/m0/s1. The Morgan fingerprint density at radius 1 is 1.27 bits per heavy atom.